The van der Waals surface area contributed by atoms with Crippen molar-refractivity contribution in [3.63, 3.8) is 0 Å². The zero-order valence-electron chi connectivity index (χ0n) is 17.6. The van der Waals surface area contributed by atoms with Crippen LogP contribution in [-0.2, 0) is 11.0 Å². The summed E-state index contributed by atoms with van der Waals surface area (Å²) >= 11 is 0. The molecule has 0 aromatic heterocycles. The zero-order chi connectivity index (χ0) is 24.0. The minimum Gasteiger partial charge on any atom is -0.384 e. The van der Waals surface area contributed by atoms with Crippen molar-refractivity contribution >= 4 is 17.3 Å². The number of hydrogen-bond donors (Lipinski definition) is 2. The standard InChI is InChI=1S/C25H19F3N4O/c1-16(24(33)32-20-9-8-19(14-30)22(12-20)25(26,27)28)15-31-23-10-7-17(13-29)11-21(23)18-5-3-2-4-6-18/h2-12,16,31H,15H2,1H3,(H,32,33). The van der Waals surface area contributed by atoms with Crippen LogP contribution in [-0.4, -0.2) is 12.5 Å². The molecule has 0 aliphatic heterocycles. The number of carbonyl (C=O) groups excluding carboxylic acids is 1. The Balaban J connectivity index is 1.73. The fraction of sp³-hybridized carbons (Fsp3) is 0.160. The van der Waals surface area contributed by atoms with Gasteiger partial charge in [0.2, 0.25) is 5.91 Å². The van der Waals surface area contributed by atoms with Crippen molar-refractivity contribution in [3.05, 3.63) is 83.4 Å². The van der Waals surface area contributed by atoms with Crippen LogP contribution < -0.4 is 10.6 Å². The second-order valence-corrected chi connectivity index (χ2v) is 7.38. The third kappa shape index (κ3) is 5.69. The van der Waals surface area contributed by atoms with Crippen molar-refractivity contribution in [1.82, 2.24) is 0 Å². The lowest BCUT2D eigenvalue weighted by molar-refractivity contribution is -0.137. The molecule has 3 aromatic rings. The maximum absolute atomic E-state index is 13.2. The van der Waals surface area contributed by atoms with Gasteiger partial charge in [0.25, 0.3) is 0 Å². The Morgan fingerprint density at radius 2 is 1.73 bits per heavy atom. The number of nitriles is 2. The highest BCUT2D eigenvalue weighted by atomic mass is 19.4. The molecule has 1 atom stereocenters. The first-order chi connectivity index (χ1) is 15.7. The molecular formula is C25H19F3N4O. The van der Waals surface area contributed by atoms with Gasteiger partial charge in [0.1, 0.15) is 0 Å². The molecule has 8 heteroatoms. The van der Waals surface area contributed by atoms with Crippen LogP contribution in [0.4, 0.5) is 24.5 Å². The van der Waals surface area contributed by atoms with E-state index in [1.54, 1.807) is 25.1 Å². The Kier molecular flexibility index (Phi) is 7.00. The highest BCUT2D eigenvalue weighted by molar-refractivity contribution is 5.93. The zero-order valence-corrected chi connectivity index (χ0v) is 17.6. The van der Waals surface area contributed by atoms with Crippen LogP contribution in [0, 0.1) is 28.6 Å². The largest absolute Gasteiger partial charge is 0.417 e. The van der Waals surface area contributed by atoms with Crippen molar-refractivity contribution in [2.75, 3.05) is 17.2 Å². The van der Waals surface area contributed by atoms with Gasteiger partial charge in [0.05, 0.1) is 34.7 Å². The molecular weight excluding hydrogens is 429 g/mol. The SMILES string of the molecule is CC(CNc1ccc(C#N)cc1-c1ccccc1)C(=O)Nc1ccc(C#N)c(C(F)(F)F)c1. The highest BCUT2D eigenvalue weighted by Crippen LogP contribution is 2.34. The molecule has 0 saturated carbocycles. The first kappa shape index (κ1) is 23.4. The Bertz CT molecular complexity index is 1240. The van der Waals surface area contributed by atoms with Gasteiger partial charge in [-0.15, -0.1) is 0 Å². The topological polar surface area (TPSA) is 88.7 Å². The smallest absolute Gasteiger partial charge is 0.384 e. The van der Waals surface area contributed by atoms with E-state index < -0.39 is 29.1 Å². The van der Waals surface area contributed by atoms with E-state index in [9.17, 15) is 23.2 Å². The summed E-state index contributed by atoms with van der Waals surface area (Å²) in [5.41, 5.74) is 1.25. The lowest BCUT2D eigenvalue weighted by Crippen LogP contribution is -2.26. The van der Waals surface area contributed by atoms with Crippen LogP contribution in [0.3, 0.4) is 0 Å². The lowest BCUT2D eigenvalue weighted by Gasteiger charge is -2.17. The molecule has 5 nitrogen and oxygen atoms in total. The number of alkyl halides is 3. The molecule has 2 N–H and O–H groups in total. The fourth-order valence-electron chi connectivity index (χ4n) is 3.20. The minimum absolute atomic E-state index is 0.0403. The number of halogens is 3. The molecule has 1 amide bonds. The molecule has 3 rings (SSSR count). The van der Waals surface area contributed by atoms with Crippen LogP contribution in [0.15, 0.2) is 66.7 Å². The molecule has 33 heavy (non-hydrogen) atoms. The van der Waals surface area contributed by atoms with E-state index in [0.29, 0.717) is 5.56 Å². The molecule has 0 spiro atoms. The Hall–Kier alpha value is -4.30. The summed E-state index contributed by atoms with van der Waals surface area (Å²) in [4.78, 5) is 12.6. The first-order valence-electron chi connectivity index (χ1n) is 9.98. The number of amides is 1. The van der Waals surface area contributed by atoms with Gasteiger partial charge < -0.3 is 10.6 Å². The van der Waals surface area contributed by atoms with E-state index in [0.717, 1.165) is 28.9 Å². The van der Waals surface area contributed by atoms with Crippen LogP contribution in [0.1, 0.15) is 23.6 Å². The number of benzene rings is 3. The van der Waals surface area contributed by atoms with Crippen molar-refractivity contribution < 1.29 is 18.0 Å². The van der Waals surface area contributed by atoms with Gasteiger partial charge in [0, 0.05) is 23.5 Å². The van der Waals surface area contributed by atoms with Crippen LogP contribution in [0.25, 0.3) is 11.1 Å². The summed E-state index contributed by atoms with van der Waals surface area (Å²) in [6.45, 7) is 1.85. The first-order valence-corrected chi connectivity index (χ1v) is 9.98. The van der Waals surface area contributed by atoms with E-state index in [-0.39, 0.29) is 12.2 Å². The number of nitrogens with one attached hydrogen (secondary N) is 2. The van der Waals surface area contributed by atoms with Crippen LogP contribution in [0.2, 0.25) is 0 Å². The second-order valence-electron chi connectivity index (χ2n) is 7.38. The van der Waals surface area contributed by atoms with Gasteiger partial charge in [-0.25, -0.2) is 0 Å². The highest BCUT2D eigenvalue weighted by Gasteiger charge is 2.34. The normalized spacial score (nSPS) is 11.7. The van der Waals surface area contributed by atoms with E-state index in [4.69, 9.17) is 5.26 Å². The molecule has 0 radical (unpaired) electrons. The maximum Gasteiger partial charge on any atom is 0.417 e. The molecule has 0 saturated heterocycles. The molecule has 3 aromatic carbocycles. The summed E-state index contributed by atoms with van der Waals surface area (Å²) in [5.74, 6) is -1.07. The number of nitrogens with zero attached hydrogens (tertiary/aromatic N) is 2. The van der Waals surface area contributed by atoms with Crippen LogP contribution >= 0.6 is 0 Å². The molecule has 166 valence electrons. The summed E-state index contributed by atoms with van der Waals surface area (Å²) in [6, 6.07) is 21.3. The molecule has 0 aliphatic rings. The molecule has 0 heterocycles. The molecule has 0 bridgehead atoms. The van der Waals surface area contributed by atoms with Gasteiger partial charge in [-0.3, -0.25) is 4.79 Å². The van der Waals surface area contributed by atoms with Gasteiger partial charge >= 0.3 is 6.18 Å². The fourth-order valence-corrected chi connectivity index (χ4v) is 3.20. The van der Waals surface area contributed by atoms with E-state index in [1.165, 1.54) is 12.1 Å². The molecule has 1 unspecified atom stereocenters. The maximum atomic E-state index is 13.2. The minimum atomic E-state index is -4.71. The van der Waals surface area contributed by atoms with Crippen molar-refractivity contribution in [2.24, 2.45) is 5.92 Å². The summed E-state index contributed by atoms with van der Waals surface area (Å²) < 4.78 is 39.5. The van der Waals surface area contributed by atoms with Crippen molar-refractivity contribution in [3.8, 4) is 23.3 Å². The number of carbonyl (C=O) groups is 1. The number of hydrogen-bond acceptors (Lipinski definition) is 4. The monoisotopic (exact) mass is 448 g/mol. The van der Waals surface area contributed by atoms with Gasteiger partial charge in [0.15, 0.2) is 0 Å². The Morgan fingerprint density at radius 3 is 2.36 bits per heavy atom. The summed E-state index contributed by atoms with van der Waals surface area (Å²) in [6.07, 6.45) is -4.71. The van der Waals surface area contributed by atoms with E-state index >= 15 is 0 Å². The predicted molar refractivity (Wildman–Crippen MR) is 119 cm³/mol. The van der Waals surface area contributed by atoms with Gasteiger partial charge in [-0.2, -0.15) is 23.7 Å². The van der Waals surface area contributed by atoms with Crippen molar-refractivity contribution in [1.29, 1.82) is 10.5 Å². The summed E-state index contributed by atoms with van der Waals surface area (Å²) in [5, 5.41) is 23.8. The average molecular weight is 448 g/mol. The second kappa shape index (κ2) is 9.88. The van der Waals surface area contributed by atoms with Crippen LogP contribution in [0.5, 0.6) is 0 Å². The Morgan fingerprint density at radius 1 is 1.00 bits per heavy atom. The lowest BCUT2D eigenvalue weighted by atomic mass is 10.0. The van der Waals surface area contributed by atoms with E-state index in [2.05, 4.69) is 16.7 Å². The average Bonchev–Trinajstić information content (AvgIpc) is 2.82. The molecule has 0 fully saturated rings. The number of anilines is 2. The number of rotatable bonds is 6. The van der Waals surface area contributed by atoms with E-state index in [1.807, 2.05) is 30.3 Å². The Labute approximate surface area is 189 Å². The predicted octanol–water partition coefficient (Wildman–Crippen LogP) is 5.80. The third-order valence-electron chi connectivity index (χ3n) is 4.99. The van der Waals surface area contributed by atoms with Gasteiger partial charge in [-0.05, 0) is 42.0 Å². The van der Waals surface area contributed by atoms with Gasteiger partial charge in [-0.1, -0.05) is 37.3 Å². The molecule has 0 aliphatic carbocycles. The van der Waals surface area contributed by atoms with Crippen molar-refractivity contribution in [2.45, 2.75) is 13.1 Å². The summed E-state index contributed by atoms with van der Waals surface area (Å²) in [7, 11) is 0. The third-order valence-corrected chi connectivity index (χ3v) is 4.99. The quantitative estimate of drug-likeness (QED) is 0.499.